The number of guanidine groups is 1. The zero-order valence-corrected chi connectivity index (χ0v) is 16.9. The number of aromatic nitrogens is 3. The van der Waals surface area contributed by atoms with Crippen molar-refractivity contribution in [2.45, 2.75) is 25.8 Å². The summed E-state index contributed by atoms with van der Waals surface area (Å²) < 4.78 is 2.01. The monoisotopic (exact) mass is 388 g/mol. The van der Waals surface area contributed by atoms with E-state index in [-0.39, 0.29) is 0 Å². The molecule has 150 valence electrons. The number of aliphatic imine (C=N–C) groups is 1. The molecule has 1 N–H and O–H groups in total. The van der Waals surface area contributed by atoms with Crippen molar-refractivity contribution >= 4 is 5.96 Å². The van der Waals surface area contributed by atoms with Crippen LogP contribution in [0.1, 0.15) is 24.2 Å². The molecular weight excluding hydrogens is 360 g/mol. The summed E-state index contributed by atoms with van der Waals surface area (Å²) in [6.45, 7) is 2.65. The van der Waals surface area contributed by atoms with Crippen LogP contribution in [0.3, 0.4) is 0 Å². The number of hydrogen-bond acceptors (Lipinski definition) is 3. The zero-order valence-electron chi connectivity index (χ0n) is 16.9. The van der Waals surface area contributed by atoms with Gasteiger partial charge in [-0.1, -0.05) is 48.5 Å². The number of piperidine rings is 1. The Kier molecular flexibility index (Phi) is 6.19. The van der Waals surface area contributed by atoms with Gasteiger partial charge in [0, 0.05) is 25.8 Å². The van der Waals surface area contributed by atoms with Gasteiger partial charge in [-0.2, -0.15) is 0 Å². The maximum absolute atomic E-state index is 4.50. The molecule has 2 aromatic carbocycles. The van der Waals surface area contributed by atoms with Gasteiger partial charge in [-0.25, -0.2) is 0 Å². The van der Waals surface area contributed by atoms with Gasteiger partial charge in [0.1, 0.15) is 6.33 Å². The zero-order chi connectivity index (χ0) is 19.9. The lowest BCUT2D eigenvalue weighted by Gasteiger charge is -2.34. The van der Waals surface area contributed by atoms with Crippen molar-refractivity contribution in [1.29, 1.82) is 0 Å². The van der Waals surface area contributed by atoms with E-state index in [2.05, 4.69) is 67.9 Å². The first-order valence-corrected chi connectivity index (χ1v) is 10.3. The van der Waals surface area contributed by atoms with Crippen LogP contribution in [0.15, 0.2) is 72.0 Å². The van der Waals surface area contributed by atoms with Crippen LogP contribution in [0.4, 0.5) is 0 Å². The number of hydrogen-bond donors (Lipinski definition) is 1. The first-order chi connectivity index (χ1) is 14.3. The predicted molar refractivity (Wildman–Crippen MR) is 116 cm³/mol. The molecule has 0 saturated carbocycles. The third-order valence-corrected chi connectivity index (χ3v) is 5.55. The topological polar surface area (TPSA) is 58.3 Å². The quantitative estimate of drug-likeness (QED) is 0.538. The van der Waals surface area contributed by atoms with E-state index in [0.717, 1.165) is 36.5 Å². The highest BCUT2D eigenvalue weighted by molar-refractivity contribution is 5.79. The molecule has 1 aliphatic rings. The lowest BCUT2D eigenvalue weighted by Crippen LogP contribution is -2.45. The van der Waals surface area contributed by atoms with Crippen LogP contribution in [0.5, 0.6) is 0 Å². The highest BCUT2D eigenvalue weighted by atomic mass is 15.3. The molecule has 1 aliphatic heterocycles. The highest BCUT2D eigenvalue weighted by Crippen LogP contribution is 2.21. The number of nitrogens with one attached hydrogen (secondary N) is 1. The van der Waals surface area contributed by atoms with Gasteiger partial charge in [0.25, 0.3) is 0 Å². The third kappa shape index (κ3) is 4.83. The summed E-state index contributed by atoms with van der Waals surface area (Å²) in [7, 11) is 1.85. The Balaban J connectivity index is 1.32. The highest BCUT2D eigenvalue weighted by Gasteiger charge is 2.22. The molecule has 0 unspecified atom stereocenters. The second-order valence-electron chi connectivity index (χ2n) is 7.47. The molecule has 6 nitrogen and oxygen atoms in total. The lowest BCUT2D eigenvalue weighted by atomic mass is 9.90. The maximum atomic E-state index is 4.50. The van der Waals surface area contributed by atoms with Crippen molar-refractivity contribution in [2.24, 2.45) is 10.9 Å². The molecular formula is C23H28N6. The van der Waals surface area contributed by atoms with Crippen molar-refractivity contribution < 1.29 is 0 Å². The molecule has 0 atom stereocenters. The fourth-order valence-corrected chi connectivity index (χ4v) is 3.97. The average Bonchev–Trinajstić information content (AvgIpc) is 3.25. The molecule has 0 spiro atoms. The number of rotatable bonds is 5. The van der Waals surface area contributed by atoms with E-state index >= 15 is 0 Å². The molecule has 1 aromatic heterocycles. The van der Waals surface area contributed by atoms with Crippen LogP contribution in [0, 0.1) is 5.92 Å². The Morgan fingerprint density at radius 3 is 2.41 bits per heavy atom. The smallest absolute Gasteiger partial charge is 0.194 e. The fraction of sp³-hybridized carbons (Fsp3) is 0.348. The summed E-state index contributed by atoms with van der Waals surface area (Å²) in [6.07, 6.45) is 5.30. The molecule has 4 rings (SSSR count). The van der Waals surface area contributed by atoms with Gasteiger partial charge in [-0.3, -0.25) is 9.56 Å². The molecule has 0 bridgehead atoms. The van der Waals surface area contributed by atoms with Crippen molar-refractivity contribution in [2.75, 3.05) is 20.1 Å². The van der Waals surface area contributed by atoms with E-state index in [1.165, 1.54) is 24.8 Å². The minimum Gasteiger partial charge on any atom is -0.349 e. The molecule has 0 amide bonds. The number of benzene rings is 2. The fourth-order valence-electron chi connectivity index (χ4n) is 3.97. The molecule has 6 heteroatoms. The SMILES string of the molecule is CN=C(NCc1nncn1-c1ccccc1)N1CCC(Cc2ccccc2)CC1. The van der Waals surface area contributed by atoms with Gasteiger partial charge >= 0.3 is 0 Å². The minimum absolute atomic E-state index is 0.589. The van der Waals surface area contributed by atoms with E-state index < -0.39 is 0 Å². The second-order valence-corrected chi connectivity index (χ2v) is 7.47. The van der Waals surface area contributed by atoms with Gasteiger partial charge in [0.2, 0.25) is 0 Å². The summed E-state index contributed by atoms with van der Waals surface area (Å²) in [5, 5.41) is 11.8. The van der Waals surface area contributed by atoms with Crippen molar-refractivity contribution in [1.82, 2.24) is 25.0 Å². The van der Waals surface area contributed by atoms with Crippen LogP contribution in [0.25, 0.3) is 5.69 Å². The van der Waals surface area contributed by atoms with E-state index in [1.54, 1.807) is 6.33 Å². The van der Waals surface area contributed by atoms with Crippen LogP contribution in [-0.2, 0) is 13.0 Å². The van der Waals surface area contributed by atoms with Gasteiger partial charge < -0.3 is 10.2 Å². The molecule has 1 fully saturated rings. The number of likely N-dealkylation sites (tertiary alicyclic amines) is 1. The maximum Gasteiger partial charge on any atom is 0.194 e. The number of nitrogens with zero attached hydrogens (tertiary/aromatic N) is 5. The summed E-state index contributed by atoms with van der Waals surface area (Å²) >= 11 is 0. The lowest BCUT2D eigenvalue weighted by molar-refractivity contribution is 0.259. The van der Waals surface area contributed by atoms with E-state index in [9.17, 15) is 0 Å². The summed E-state index contributed by atoms with van der Waals surface area (Å²) in [6, 6.07) is 21.0. The number of para-hydroxylation sites is 1. The molecule has 29 heavy (non-hydrogen) atoms. The molecule has 1 saturated heterocycles. The summed E-state index contributed by atoms with van der Waals surface area (Å²) in [5.74, 6) is 2.55. The van der Waals surface area contributed by atoms with Crippen LogP contribution >= 0.6 is 0 Å². The van der Waals surface area contributed by atoms with Crippen LogP contribution < -0.4 is 5.32 Å². The molecule has 0 aliphatic carbocycles. The van der Waals surface area contributed by atoms with Crippen LogP contribution in [0.2, 0.25) is 0 Å². The van der Waals surface area contributed by atoms with Crippen LogP contribution in [-0.4, -0.2) is 45.8 Å². The summed E-state index contributed by atoms with van der Waals surface area (Å²) in [4.78, 5) is 6.85. The molecule has 0 radical (unpaired) electrons. The van der Waals surface area contributed by atoms with Gasteiger partial charge in [0.05, 0.1) is 6.54 Å². The second kappa shape index (κ2) is 9.37. The first-order valence-electron chi connectivity index (χ1n) is 10.3. The average molecular weight is 389 g/mol. The predicted octanol–water partition coefficient (Wildman–Crippen LogP) is 3.30. The molecule has 2 heterocycles. The molecule has 3 aromatic rings. The van der Waals surface area contributed by atoms with E-state index in [4.69, 9.17) is 0 Å². The third-order valence-electron chi connectivity index (χ3n) is 5.55. The van der Waals surface area contributed by atoms with Gasteiger partial charge in [-0.05, 0) is 42.9 Å². The minimum atomic E-state index is 0.589. The Morgan fingerprint density at radius 2 is 1.72 bits per heavy atom. The normalized spacial score (nSPS) is 15.5. The van der Waals surface area contributed by atoms with Gasteiger partial charge in [0.15, 0.2) is 11.8 Å². The first kappa shape index (κ1) is 19.2. The Labute approximate surface area is 172 Å². The summed E-state index contributed by atoms with van der Waals surface area (Å²) in [5.41, 5.74) is 2.50. The van der Waals surface area contributed by atoms with Gasteiger partial charge in [-0.15, -0.1) is 10.2 Å². The van der Waals surface area contributed by atoms with Crippen molar-refractivity contribution in [3.8, 4) is 5.69 Å². The largest absolute Gasteiger partial charge is 0.349 e. The Bertz CT molecular complexity index is 911. The Hall–Kier alpha value is -3.15. The Morgan fingerprint density at radius 1 is 1.03 bits per heavy atom. The van der Waals surface area contributed by atoms with Crippen molar-refractivity contribution in [3.63, 3.8) is 0 Å². The van der Waals surface area contributed by atoms with E-state index in [1.807, 2.05) is 29.8 Å². The van der Waals surface area contributed by atoms with E-state index in [0.29, 0.717) is 6.54 Å². The standard InChI is InChI=1S/C23H28N6/c1-24-23(25-17-22-27-26-18-29(22)21-10-6-3-7-11-21)28-14-12-20(13-15-28)16-19-8-4-2-5-9-19/h2-11,18,20H,12-17H2,1H3,(H,24,25). The van der Waals surface area contributed by atoms with Crippen molar-refractivity contribution in [3.05, 3.63) is 78.4 Å².